The summed E-state index contributed by atoms with van der Waals surface area (Å²) in [6.45, 7) is 1.96. The van der Waals surface area contributed by atoms with E-state index in [1.165, 1.54) is 0 Å². The minimum atomic E-state index is -4.58. The fourth-order valence-corrected chi connectivity index (χ4v) is 6.25. The van der Waals surface area contributed by atoms with E-state index in [1.807, 2.05) is 11.1 Å². The van der Waals surface area contributed by atoms with Gasteiger partial charge in [0.05, 0.1) is 37.1 Å². The first-order valence-electron chi connectivity index (χ1n) is 12.4. The topological polar surface area (TPSA) is 91.3 Å². The molecule has 0 radical (unpaired) electrons. The van der Waals surface area contributed by atoms with Crippen LogP contribution in [0.5, 0.6) is 0 Å². The molecule has 1 aliphatic carbocycles. The van der Waals surface area contributed by atoms with Crippen molar-refractivity contribution in [2.24, 2.45) is 24.6 Å². The highest BCUT2D eigenvalue weighted by atomic mass is 19.4. The van der Waals surface area contributed by atoms with Crippen LogP contribution < -0.4 is 10.6 Å². The molecule has 3 aliphatic rings. The van der Waals surface area contributed by atoms with E-state index < -0.39 is 11.7 Å². The van der Waals surface area contributed by atoms with Gasteiger partial charge in [0.2, 0.25) is 0 Å². The first-order chi connectivity index (χ1) is 17.3. The molecule has 0 amide bonds. The van der Waals surface area contributed by atoms with Crippen LogP contribution in [0.4, 0.5) is 19.0 Å². The molecule has 3 fully saturated rings. The second-order valence-corrected chi connectivity index (χ2v) is 10.2. The number of hydrogen-bond donors (Lipinski definition) is 1. The van der Waals surface area contributed by atoms with Crippen molar-refractivity contribution in [1.29, 1.82) is 0 Å². The summed E-state index contributed by atoms with van der Waals surface area (Å²) in [5.41, 5.74) is 6.98. The van der Waals surface area contributed by atoms with Crippen LogP contribution in [-0.4, -0.2) is 64.5 Å². The lowest BCUT2D eigenvalue weighted by Gasteiger charge is -2.34. The minimum Gasteiger partial charge on any atom is -0.376 e. The average molecular weight is 503 g/mol. The molecule has 2 N–H and O–H groups in total. The second kappa shape index (κ2) is 8.97. The van der Waals surface area contributed by atoms with Crippen molar-refractivity contribution in [2.45, 2.75) is 43.6 Å². The van der Waals surface area contributed by atoms with Gasteiger partial charge in [-0.05, 0) is 49.3 Å². The quantitative estimate of drug-likeness (QED) is 0.585. The maximum Gasteiger partial charge on any atom is 0.420 e. The van der Waals surface area contributed by atoms with E-state index in [-0.39, 0.29) is 41.5 Å². The predicted octanol–water partition coefficient (Wildman–Crippen LogP) is 3.40. The molecule has 5 atom stereocenters. The smallest absolute Gasteiger partial charge is 0.376 e. The maximum atomic E-state index is 14.4. The standard InChI is InChI=1S/C25H29F3N6O2/c1-33-11-16-6-14(2-3-21(16)32-33)22-10-20(25(26,27)28)24(31-30-22)34-12-15-7-17(29)8-19(15)23(34)9-18-13-35-4-5-36-18/h2-3,6,10-11,15,17-19,23H,4-5,7-9,12-13,29H2,1H3/t15?,17?,18-,19?,23?/m0/s1. The van der Waals surface area contributed by atoms with Gasteiger partial charge < -0.3 is 20.1 Å². The highest BCUT2D eigenvalue weighted by Gasteiger charge is 2.50. The summed E-state index contributed by atoms with van der Waals surface area (Å²) in [5.74, 6) is 0.310. The van der Waals surface area contributed by atoms with E-state index in [9.17, 15) is 13.2 Å². The van der Waals surface area contributed by atoms with E-state index in [4.69, 9.17) is 15.2 Å². The van der Waals surface area contributed by atoms with Gasteiger partial charge in [-0.25, -0.2) is 0 Å². The Morgan fingerprint density at radius 3 is 2.78 bits per heavy atom. The third-order valence-corrected chi connectivity index (χ3v) is 7.77. The van der Waals surface area contributed by atoms with E-state index >= 15 is 0 Å². The summed E-state index contributed by atoms with van der Waals surface area (Å²) in [6, 6.07) is 6.33. The number of hydrogen-bond acceptors (Lipinski definition) is 7. The van der Waals surface area contributed by atoms with Gasteiger partial charge in [-0.2, -0.15) is 18.3 Å². The fourth-order valence-electron chi connectivity index (χ4n) is 6.25. The number of ether oxygens (including phenoxy) is 2. The first-order valence-corrected chi connectivity index (χ1v) is 12.4. The highest BCUT2D eigenvalue weighted by molar-refractivity contribution is 5.83. The van der Waals surface area contributed by atoms with E-state index in [1.54, 1.807) is 29.9 Å². The van der Waals surface area contributed by atoms with Crippen molar-refractivity contribution < 1.29 is 22.6 Å². The van der Waals surface area contributed by atoms with Gasteiger partial charge in [-0.15, -0.1) is 10.2 Å². The van der Waals surface area contributed by atoms with Crippen LogP contribution in [0.1, 0.15) is 24.8 Å². The number of aromatic nitrogens is 4. The number of nitrogens with two attached hydrogens (primary N) is 1. The lowest BCUT2D eigenvalue weighted by Crippen LogP contribution is -2.41. The van der Waals surface area contributed by atoms with Crippen molar-refractivity contribution >= 4 is 16.7 Å². The van der Waals surface area contributed by atoms with Crippen molar-refractivity contribution in [3.05, 3.63) is 36.0 Å². The minimum absolute atomic E-state index is 0.0751. The molecule has 6 rings (SSSR count). The molecule has 2 saturated heterocycles. The zero-order chi connectivity index (χ0) is 25.0. The van der Waals surface area contributed by atoms with Gasteiger partial charge in [-0.3, -0.25) is 4.68 Å². The van der Waals surface area contributed by atoms with Crippen LogP contribution >= 0.6 is 0 Å². The van der Waals surface area contributed by atoms with Crippen LogP contribution in [0.2, 0.25) is 0 Å². The monoisotopic (exact) mass is 502 g/mol. The molecule has 2 aliphatic heterocycles. The lowest BCUT2D eigenvalue weighted by atomic mass is 9.90. The Kier molecular flexibility index (Phi) is 5.88. The van der Waals surface area contributed by atoms with Gasteiger partial charge in [0.15, 0.2) is 5.82 Å². The normalized spacial score (nSPS) is 28.7. The van der Waals surface area contributed by atoms with Crippen molar-refractivity contribution in [2.75, 3.05) is 31.3 Å². The van der Waals surface area contributed by atoms with Gasteiger partial charge >= 0.3 is 6.18 Å². The van der Waals surface area contributed by atoms with Gasteiger partial charge in [0.1, 0.15) is 5.56 Å². The number of anilines is 1. The van der Waals surface area contributed by atoms with Gasteiger partial charge in [-0.1, -0.05) is 6.07 Å². The SMILES string of the molecule is Cn1cc2cc(-c3cc(C(F)(F)F)c(N4CC5CC(N)CC5C4C[C@H]4COCCO4)nn3)ccc2n1. The Labute approximate surface area is 206 Å². The molecule has 4 heterocycles. The third-order valence-electron chi connectivity index (χ3n) is 7.77. The van der Waals surface area contributed by atoms with E-state index in [2.05, 4.69) is 15.3 Å². The number of benzene rings is 1. The Morgan fingerprint density at radius 1 is 1.14 bits per heavy atom. The maximum absolute atomic E-state index is 14.4. The molecule has 0 spiro atoms. The number of nitrogens with zero attached hydrogens (tertiary/aromatic N) is 5. The second-order valence-electron chi connectivity index (χ2n) is 10.2. The molecule has 36 heavy (non-hydrogen) atoms. The lowest BCUT2D eigenvalue weighted by molar-refractivity contribution is -0.137. The molecule has 1 aromatic carbocycles. The molecule has 2 aromatic heterocycles. The van der Waals surface area contributed by atoms with Crippen molar-refractivity contribution in [3.63, 3.8) is 0 Å². The third kappa shape index (κ3) is 4.33. The first kappa shape index (κ1) is 23.6. The van der Waals surface area contributed by atoms with Gasteiger partial charge in [0, 0.05) is 42.8 Å². The molecule has 8 nitrogen and oxygen atoms in total. The highest BCUT2D eigenvalue weighted by Crippen LogP contribution is 2.47. The summed E-state index contributed by atoms with van der Waals surface area (Å²) in [6.07, 6.45) is -0.751. The summed E-state index contributed by atoms with van der Waals surface area (Å²) >= 11 is 0. The summed E-state index contributed by atoms with van der Waals surface area (Å²) in [4.78, 5) is 1.81. The van der Waals surface area contributed by atoms with Crippen LogP contribution in [0, 0.1) is 11.8 Å². The molecule has 192 valence electrons. The van der Waals surface area contributed by atoms with E-state index in [0.29, 0.717) is 38.3 Å². The Hall–Kier alpha value is -2.76. The summed E-state index contributed by atoms with van der Waals surface area (Å²) < 4.78 is 56.3. The Morgan fingerprint density at radius 2 is 2.00 bits per heavy atom. The van der Waals surface area contributed by atoms with Crippen molar-refractivity contribution in [1.82, 2.24) is 20.0 Å². The van der Waals surface area contributed by atoms with Crippen LogP contribution in [0.15, 0.2) is 30.5 Å². The number of alkyl halides is 3. The molecule has 11 heteroatoms. The average Bonchev–Trinajstić information content (AvgIpc) is 3.50. The zero-order valence-corrected chi connectivity index (χ0v) is 20.0. The number of fused-ring (bicyclic) bond motifs is 2. The number of rotatable bonds is 4. The van der Waals surface area contributed by atoms with Crippen molar-refractivity contribution in [3.8, 4) is 11.3 Å². The number of aryl methyl sites for hydroxylation is 1. The van der Waals surface area contributed by atoms with Crippen LogP contribution in [0.25, 0.3) is 22.2 Å². The summed E-state index contributed by atoms with van der Waals surface area (Å²) in [7, 11) is 1.80. The Balaban J connectivity index is 1.37. The fraction of sp³-hybridized carbons (Fsp3) is 0.560. The molecular weight excluding hydrogens is 473 g/mol. The molecule has 3 aromatic rings. The molecule has 1 saturated carbocycles. The van der Waals surface area contributed by atoms with Crippen LogP contribution in [-0.2, 0) is 22.7 Å². The number of halogens is 3. The predicted molar refractivity (Wildman–Crippen MR) is 127 cm³/mol. The molecule has 0 bridgehead atoms. The zero-order valence-electron chi connectivity index (χ0n) is 20.0. The molecular formula is C25H29F3N6O2. The summed E-state index contributed by atoms with van der Waals surface area (Å²) in [5, 5.41) is 13.6. The Bertz CT molecular complexity index is 1260. The van der Waals surface area contributed by atoms with Crippen LogP contribution in [0.3, 0.4) is 0 Å². The van der Waals surface area contributed by atoms with E-state index in [0.717, 1.165) is 29.8 Å². The largest absolute Gasteiger partial charge is 0.420 e. The van der Waals surface area contributed by atoms with Gasteiger partial charge in [0.25, 0.3) is 0 Å². The molecule has 4 unspecified atom stereocenters.